The van der Waals surface area contributed by atoms with E-state index in [1.165, 1.54) is 17.7 Å². The van der Waals surface area contributed by atoms with Crippen LogP contribution in [0.15, 0.2) is 53.6 Å². The lowest BCUT2D eigenvalue weighted by Gasteiger charge is -2.10. The van der Waals surface area contributed by atoms with Crippen molar-refractivity contribution in [1.82, 2.24) is 15.5 Å². The number of aryl methyl sites for hydroxylation is 1. The minimum atomic E-state index is -4.08. The van der Waals surface area contributed by atoms with Gasteiger partial charge in [-0.1, -0.05) is 49.7 Å². The van der Waals surface area contributed by atoms with Gasteiger partial charge in [0.05, 0.1) is 0 Å². The molecule has 0 saturated heterocycles. The van der Waals surface area contributed by atoms with Crippen molar-refractivity contribution in [3.05, 3.63) is 75.9 Å². The van der Waals surface area contributed by atoms with E-state index >= 15 is 0 Å². The number of halogens is 1. The maximum Gasteiger partial charge on any atom is 0.282 e. The van der Waals surface area contributed by atoms with Crippen molar-refractivity contribution in [2.45, 2.75) is 38.3 Å². The van der Waals surface area contributed by atoms with E-state index in [9.17, 15) is 13.2 Å². The summed E-state index contributed by atoms with van der Waals surface area (Å²) in [7, 11) is -4.08. The number of hydrogen-bond acceptors (Lipinski definition) is 4. The zero-order chi connectivity index (χ0) is 21.9. The molecule has 0 aliphatic heterocycles. The molecule has 0 spiro atoms. The monoisotopic (exact) mass is 446 g/mol. The highest BCUT2D eigenvalue weighted by Gasteiger charge is 2.28. The van der Waals surface area contributed by atoms with Crippen LogP contribution in [0.25, 0.3) is 0 Å². The molecule has 158 valence electrons. The van der Waals surface area contributed by atoms with Crippen molar-refractivity contribution >= 4 is 33.2 Å². The van der Waals surface area contributed by atoms with Gasteiger partial charge in [0, 0.05) is 22.9 Å². The van der Waals surface area contributed by atoms with Crippen molar-refractivity contribution in [1.29, 1.82) is 0 Å². The highest BCUT2D eigenvalue weighted by atomic mass is 35.5. The van der Waals surface area contributed by atoms with Gasteiger partial charge in [-0.3, -0.25) is 14.6 Å². The molecule has 0 bridgehead atoms. The van der Waals surface area contributed by atoms with E-state index in [-0.39, 0.29) is 17.1 Å². The number of benzene rings is 2. The van der Waals surface area contributed by atoms with Crippen LogP contribution in [-0.4, -0.2) is 24.5 Å². The summed E-state index contributed by atoms with van der Waals surface area (Å²) in [5.41, 5.74) is 2.78. The fraction of sp³-hybridized carbons (Fsp3) is 0.238. The van der Waals surface area contributed by atoms with Gasteiger partial charge in [0.2, 0.25) is 5.03 Å². The van der Waals surface area contributed by atoms with Gasteiger partial charge < -0.3 is 5.32 Å². The van der Waals surface area contributed by atoms with E-state index in [1.807, 2.05) is 24.3 Å². The van der Waals surface area contributed by atoms with Crippen LogP contribution in [0.1, 0.15) is 46.9 Å². The van der Waals surface area contributed by atoms with Gasteiger partial charge in [0.25, 0.3) is 15.9 Å². The van der Waals surface area contributed by atoms with E-state index in [0.29, 0.717) is 22.3 Å². The Morgan fingerprint density at radius 3 is 2.33 bits per heavy atom. The number of nitrogens with one attached hydrogen (secondary N) is 3. The lowest BCUT2D eigenvalue weighted by Crippen LogP contribution is -2.26. The largest absolute Gasteiger partial charge is 0.348 e. The third-order valence-electron chi connectivity index (χ3n) is 4.59. The molecule has 0 saturated carbocycles. The van der Waals surface area contributed by atoms with E-state index in [1.54, 1.807) is 19.1 Å². The van der Waals surface area contributed by atoms with Crippen molar-refractivity contribution in [3.63, 3.8) is 0 Å². The zero-order valence-corrected chi connectivity index (χ0v) is 18.4. The first-order valence-corrected chi connectivity index (χ1v) is 11.2. The standard InChI is InChI=1S/C21H23ClN4O3S/c1-13(2)16-6-4-15(5-7-16)12-23-20(27)19-14(3)24-25-21(19)30(28,29)26-18-10-8-17(22)9-11-18/h4-11,13,26H,12H2,1-3H3,(H,23,27)(H,24,25). The van der Waals surface area contributed by atoms with Gasteiger partial charge in [-0.05, 0) is 48.2 Å². The average Bonchev–Trinajstić information content (AvgIpc) is 3.10. The van der Waals surface area contributed by atoms with Crippen molar-refractivity contribution in [2.75, 3.05) is 4.72 Å². The first-order chi connectivity index (χ1) is 14.2. The van der Waals surface area contributed by atoms with Crippen LogP contribution < -0.4 is 10.0 Å². The molecule has 0 unspecified atom stereocenters. The Hall–Kier alpha value is -2.84. The molecular weight excluding hydrogens is 424 g/mol. The highest BCUT2D eigenvalue weighted by Crippen LogP contribution is 2.21. The summed E-state index contributed by atoms with van der Waals surface area (Å²) in [5, 5.41) is 9.32. The predicted octanol–water partition coefficient (Wildman–Crippen LogP) is 4.23. The molecule has 0 aliphatic carbocycles. The Balaban J connectivity index is 1.77. The Morgan fingerprint density at radius 1 is 1.10 bits per heavy atom. The number of carbonyl (C=O) groups is 1. The Labute approximate surface area is 180 Å². The Morgan fingerprint density at radius 2 is 1.73 bits per heavy atom. The van der Waals surface area contributed by atoms with Crippen LogP contribution in [-0.2, 0) is 16.6 Å². The minimum absolute atomic E-state index is 0.0183. The minimum Gasteiger partial charge on any atom is -0.348 e. The van der Waals surface area contributed by atoms with Gasteiger partial charge in [-0.25, -0.2) is 0 Å². The van der Waals surface area contributed by atoms with Gasteiger partial charge in [-0.15, -0.1) is 0 Å². The molecule has 0 aliphatic rings. The number of sulfonamides is 1. The van der Waals surface area contributed by atoms with Crippen LogP contribution >= 0.6 is 11.6 Å². The summed E-state index contributed by atoms with van der Waals surface area (Å²) < 4.78 is 28.0. The molecule has 3 rings (SSSR count). The highest BCUT2D eigenvalue weighted by molar-refractivity contribution is 7.92. The number of hydrogen-bond donors (Lipinski definition) is 3. The van der Waals surface area contributed by atoms with Crippen molar-refractivity contribution in [3.8, 4) is 0 Å². The third kappa shape index (κ3) is 5.01. The maximum absolute atomic E-state index is 12.8. The van der Waals surface area contributed by atoms with Crippen molar-refractivity contribution in [2.24, 2.45) is 0 Å². The van der Waals surface area contributed by atoms with Gasteiger partial charge in [-0.2, -0.15) is 13.5 Å². The van der Waals surface area contributed by atoms with E-state index in [2.05, 4.69) is 34.1 Å². The smallest absolute Gasteiger partial charge is 0.282 e. The maximum atomic E-state index is 12.8. The van der Waals surface area contributed by atoms with E-state index in [0.717, 1.165) is 5.56 Å². The molecule has 0 atom stereocenters. The number of amides is 1. The topological polar surface area (TPSA) is 104 Å². The fourth-order valence-electron chi connectivity index (χ4n) is 2.88. The summed E-state index contributed by atoms with van der Waals surface area (Å²) in [6.07, 6.45) is 0. The second-order valence-electron chi connectivity index (χ2n) is 7.22. The number of rotatable bonds is 7. The molecule has 3 aromatic rings. The number of H-pyrrole nitrogens is 1. The fourth-order valence-corrected chi connectivity index (χ4v) is 4.23. The Bertz CT molecular complexity index is 1140. The van der Waals surface area contributed by atoms with Crippen LogP contribution in [0.3, 0.4) is 0 Å². The molecule has 30 heavy (non-hydrogen) atoms. The SMILES string of the molecule is Cc1[nH]nc(S(=O)(=O)Nc2ccc(Cl)cc2)c1C(=O)NCc1ccc(C(C)C)cc1. The second-order valence-corrected chi connectivity index (χ2v) is 9.25. The molecule has 0 radical (unpaired) electrons. The number of anilines is 1. The zero-order valence-electron chi connectivity index (χ0n) is 16.9. The molecule has 1 amide bonds. The molecule has 2 aromatic carbocycles. The summed E-state index contributed by atoms with van der Waals surface area (Å²) >= 11 is 5.83. The van der Waals surface area contributed by atoms with Gasteiger partial charge >= 0.3 is 0 Å². The predicted molar refractivity (Wildman–Crippen MR) is 117 cm³/mol. The second kappa shape index (κ2) is 8.89. The molecule has 1 aromatic heterocycles. The Kier molecular flexibility index (Phi) is 6.48. The third-order valence-corrected chi connectivity index (χ3v) is 6.15. The average molecular weight is 447 g/mol. The van der Waals surface area contributed by atoms with Crippen LogP contribution in [0, 0.1) is 6.92 Å². The van der Waals surface area contributed by atoms with Gasteiger partial charge in [0.1, 0.15) is 5.56 Å². The summed E-state index contributed by atoms with van der Waals surface area (Å²) in [4.78, 5) is 12.8. The van der Waals surface area contributed by atoms with Crippen LogP contribution in [0.4, 0.5) is 5.69 Å². The molecule has 0 fully saturated rings. The number of aromatic nitrogens is 2. The lowest BCUT2D eigenvalue weighted by atomic mass is 10.0. The number of carbonyl (C=O) groups excluding carboxylic acids is 1. The number of aromatic amines is 1. The molecular formula is C21H23ClN4O3S. The summed E-state index contributed by atoms with van der Waals surface area (Å²) in [6, 6.07) is 14.1. The van der Waals surface area contributed by atoms with E-state index < -0.39 is 15.9 Å². The lowest BCUT2D eigenvalue weighted by molar-refractivity contribution is 0.0947. The normalized spacial score (nSPS) is 11.5. The molecule has 1 heterocycles. The first kappa shape index (κ1) is 21.9. The molecule has 3 N–H and O–H groups in total. The summed E-state index contributed by atoms with van der Waals surface area (Å²) in [6.45, 7) is 6.09. The first-order valence-electron chi connectivity index (χ1n) is 9.38. The van der Waals surface area contributed by atoms with Crippen molar-refractivity contribution < 1.29 is 13.2 Å². The quantitative estimate of drug-likeness (QED) is 0.505. The van der Waals surface area contributed by atoms with Gasteiger partial charge in [0.15, 0.2) is 0 Å². The van der Waals surface area contributed by atoms with Crippen LogP contribution in [0.2, 0.25) is 5.02 Å². The van der Waals surface area contributed by atoms with E-state index in [4.69, 9.17) is 11.6 Å². The molecule has 7 nitrogen and oxygen atoms in total. The summed E-state index contributed by atoms with van der Waals surface area (Å²) in [5.74, 6) is -0.103. The van der Waals surface area contributed by atoms with Crippen LogP contribution in [0.5, 0.6) is 0 Å². The number of nitrogens with zero attached hydrogens (tertiary/aromatic N) is 1. The molecule has 9 heteroatoms.